The van der Waals surface area contributed by atoms with Gasteiger partial charge in [0.15, 0.2) is 0 Å². The van der Waals surface area contributed by atoms with Crippen molar-refractivity contribution in [3.63, 3.8) is 0 Å². The summed E-state index contributed by atoms with van der Waals surface area (Å²) in [6, 6.07) is 9.77. The number of hydrogen-bond acceptors (Lipinski definition) is 2. The Morgan fingerprint density at radius 1 is 1.14 bits per heavy atom. The highest BCUT2D eigenvalue weighted by atomic mass is 16.4. The first-order valence-electron chi connectivity index (χ1n) is 7.49. The molecule has 2 heterocycles. The van der Waals surface area contributed by atoms with Crippen LogP contribution in [0.4, 0.5) is 10.5 Å². The van der Waals surface area contributed by atoms with E-state index in [9.17, 15) is 9.59 Å². The zero-order valence-corrected chi connectivity index (χ0v) is 11.9. The van der Waals surface area contributed by atoms with Crippen LogP contribution in [0.2, 0.25) is 0 Å². The average Bonchev–Trinajstić information content (AvgIpc) is 2.71. The number of urea groups is 1. The number of amides is 2. The third-order valence-electron chi connectivity index (χ3n) is 4.55. The zero-order valence-electron chi connectivity index (χ0n) is 11.9. The third-order valence-corrected chi connectivity index (χ3v) is 4.55. The number of benzene rings is 1. The predicted molar refractivity (Wildman–Crippen MR) is 79.1 cm³/mol. The molecule has 0 spiro atoms. The fraction of sp³-hybridized carbons (Fsp3) is 0.500. The van der Waals surface area contributed by atoms with E-state index in [4.69, 9.17) is 5.11 Å². The van der Waals surface area contributed by atoms with E-state index in [0.29, 0.717) is 0 Å². The molecule has 0 radical (unpaired) electrons. The van der Waals surface area contributed by atoms with Crippen molar-refractivity contribution in [2.45, 2.75) is 44.2 Å². The molecule has 2 saturated heterocycles. The molecule has 2 N–H and O–H groups in total. The van der Waals surface area contributed by atoms with Crippen molar-refractivity contribution in [3.8, 4) is 0 Å². The Balaban J connectivity index is 1.65. The first kappa shape index (κ1) is 13.9. The summed E-state index contributed by atoms with van der Waals surface area (Å²) < 4.78 is 0. The van der Waals surface area contributed by atoms with Crippen LogP contribution in [0.3, 0.4) is 0 Å². The van der Waals surface area contributed by atoms with Crippen LogP contribution < -0.4 is 5.32 Å². The molecule has 2 bridgehead atoms. The number of carbonyl (C=O) groups is 2. The first-order valence-corrected chi connectivity index (χ1v) is 7.49. The Morgan fingerprint density at radius 3 is 2.33 bits per heavy atom. The van der Waals surface area contributed by atoms with E-state index in [-0.39, 0.29) is 30.5 Å². The highest BCUT2D eigenvalue weighted by Crippen LogP contribution is 2.40. The van der Waals surface area contributed by atoms with Crippen molar-refractivity contribution < 1.29 is 14.7 Å². The van der Waals surface area contributed by atoms with E-state index >= 15 is 0 Å². The van der Waals surface area contributed by atoms with Gasteiger partial charge >= 0.3 is 12.0 Å². The number of piperidine rings is 1. The molecule has 21 heavy (non-hydrogen) atoms. The maximum absolute atomic E-state index is 12.5. The van der Waals surface area contributed by atoms with Gasteiger partial charge in [0.05, 0.1) is 0 Å². The number of carboxylic acid groups (broad SMARTS) is 1. The fourth-order valence-corrected chi connectivity index (χ4v) is 3.74. The molecule has 0 aromatic heterocycles. The molecule has 2 fully saturated rings. The minimum atomic E-state index is -0.735. The lowest BCUT2D eigenvalue weighted by Gasteiger charge is -2.38. The van der Waals surface area contributed by atoms with E-state index < -0.39 is 5.97 Å². The van der Waals surface area contributed by atoms with Crippen LogP contribution in [-0.2, 0) is 4.79 Å². The standard InChI is InChI=1S/C16H20N2O3/c19-15(20)10-11-8-13-6-7-14(9-11)18(13)16(21)17-12-4-2-1-3-5-12/h1-5,11,13-14H,6-10H2,(H,17,21)(H,19,20). The van der Waals surface area contributed by atoms with E-state index in [2.05, 4.69) is 5.32 Å². The molecule has 2 atom stereocenters. The van der Waals surface area contributed by atoms with Gasteiger partial charge in [-0.25, -0.2) is 4.79 Å². The van der Waals surface area contributed by atoms with E-state index in [1.54, 1.807) is 0 Å². The number of nitrogens with zero attached hydrogens (tertiary/aromatic N) is 1. The van der Waals surface area contributed by atoms with E-state index in [1.165, 1.54) is 0 Å². The minimum absolute atomic E-state index is 0.0533. The first-order chi connectivity index (χ1) is 10.1. The predicted octanol–water partition coefficient (Wildman–Crippen LogP) is 2.94. The number of hydrogen-bond donors (Lipinski definition) is 2. The molecule has 2 unspecified atom stereocenters. The summed E-state index contributed by atoms with van der Waals surface area (Å²) in [4.78, 5) is 25.3. The topological polar surface area (TPSA) is 69.6 Å². The van der Waals surface area contributed by atoms with Gasteiger partial charge in [0.1, 0.15) is 0 Å². The van der Waals surface area contributed by atoms with Gasteiger partial charge in [-0.3, -0.25) is 4.79 Å². The highest BCUT2D eigenvalue weighted by molar-refractivity contribution is 5.90. The molecule has 112 valence electrons. The summed E-state index contributed by atoms with van der Waals surface area (Å²) >= 11 is 0. The maximum Gasteiger partial charge on any atom is 0.322 e. The Hall–Kier alpha value is -2.04. The number of nitrogens with one attached hydrogen (secondary N) is 1. The van der Waals surface area contributed by atoms with Crippen LogP contribution >= 0.6 is 0 Å². The minimum Gasteiger partial charge on any atom is -0.481 e. The molecule has 1 aromatic carbocycles. The second-order valence-corrected chi connectivity index (χ2v) is 6.02. The van der Waals surface area contributed by atoms with E-state index in [1.807, 2.05) is 35.2 Å². The lowest BCUT2D eigenvalue weighted by Crippen LogP contribution is -2.48. The van der Waals surface area contributed by atoms with Gasteiger partial charge in [0.25, 0.3) is 0 Å². The molecule has 2 aliphatic heterocycles. The summed E-state index contributed by atoms with van der Waals surface area (Å²) in [5.74, 6) is -0.526. The van der Waals surface area contributed by atoms with Crippen molar-refractivity contribution in [2.75, 3.05) is 5.32 Å². The Kier molecular flexibility index (Phi) is 3.82. The van der Waals surface area contributed by atoms with Crippen LogP contribution in [0, 0.1) is 5.92 Å². The quantitative estimate of drug-likeness (QED) is 0.898. The van der Waals surface area contributed by atoms with Crippen LogP contribution in [0.5, 0.6) is 0 Å². The zero-order chi connectivity index (χ0) is 14.8. The van der Waals surface area contributed by atoms with Gasteiger partial charge in [-0.15, -0.1) is 0 Å². The summed E-state index contributed by atoms with van der Waals surface area (Å²) in [6.07, 6.45) is 3.82. The number of carboxylic acids is 1. The lowest BCUT2D eigenvalue weighted by molar-refractivity contribution is -0.138. The molecule has 1 aromatic rings. The summed E-state index contributed by atoms with van der Waals surface area (Å²) in [5, 5.41) is 11.9. The third kappa shape index (κ3) is 3.01. The number of para-hydroxylation sites is 1. The summed E-state index contributed by atoms with van der Waals surface area (Å²) in [7, 11) is 0. The Labute approximate surface area is 123 Å². The normalized spacial score (nSPS) is 27.4. The average molecular weight is 288 g/mol. The largest absolute Gasteiger partial charge is 0.481 e. The molecule has 2 amide bonds. The van der Waals surface area contributed by atoms with Crippen LogP contribution in [0.25, 0.3) is 0 Å². The SMILES string of the molecule is O=C(O)CC1CC2CCC(C1)N2C(=O)Nc1ccccc1. The second kappa shape index (κ2) is 5.76. The summed E-state index contributed by atoms with van der Waals surface area (Å²) in [6.45, 7) is 0. The van der Waals surface area contributed by atoms with Crippen molar-refractivity contribution in [1.29, 1.82) is 0 Å². The number of carbonyl (C=O) groups excluding carboxylic acids is 1. The van der Waals surface area contributed by atoms with Crippen LogP contribution in [-0.4, -0.2) is 34.1 Å². The van der Waals surface area contributed by atoms with Crippen molar-refractivity contribution in [2.24, 2.45) is 5.92 Å². The Bertz CT molecular complexity index is 518. The molecular weight excluding hydrogens is 268 g/mol. The Morgan fingerprint density at radius 2 is 1.76 bits per heavy atom. The fourth-order valence-electron chi connectivity index (χ4n) is 3.74. The van der Waals surface area contributed by atoms with Gasteiger partial charge in [0.2, 0.25) is 0 Å². The molecular formula is C16H20N2O3. The van der Waals surface area contributed by atoms with Gasteiger partial charge < -0.3 is 15.3 Å². The molecule has 0 aliphatic carbocycles. The maximum atomic E-state index is 12.5. The number of anilines is 1. The smallest absolute Gasteiger partial charge is 0.322 e. The molecule has 0 saturated carbocycles. The van der Waals surface area contributed by atoms with E-state index in [0.717, 1.165) is 31.4 Å². The van der Waals surface area contributed by atoms with Gasteiger partial charge in [-0.1, -0.05) is 18.2 Å². The lowest BCUT2D eigenvalue weighted by atomic mass is 9.88. The second-order valence-electron chi connectivity index (χ2n) is 6.02. The van der Waals surface area contributed by atoms with Gasteiger partial charge in [-0.05, 0) is 43.7 Å². The molecule has 5 nitrogen and oxygen atoms in total. The van der Waals surface area contributed by atoms with Crippen molar-refractivity contribution >= 4 is 17.7 Å². The molecule has 2 aliphatic rings. The number of fused-ring (bicyclic) bond motifs is 2. The number of aliphatic carboxylic acids is 1. The number of rotatable bonds is 3. The highest BCUT2D eigenvalue weighted by Gasteiger charge is 2.43. The molecule has 5 heteroatoms. The van der Waals surface area contributed by atoms with Crippen molar-refractivity contribution in [3.05, 3.63) is 30.3 Å². The monoisotopic (exact) mass is 288 g/mol. The van der Waals surface area contributed by atoms with Gasteiger partial charge in [-0.2, -0.15) is 0 Å². The van der Waals surface area contributed by atoms with Crippen molar-refractivity contribution in [1.82, 2.24) is 4.90 Å². The molecule has 3 rings (SSSR count). The van der Waals surface area contributed by atoms with Crippen LogP contribution in [0.15, 0.2) is 30.3 Å². The van der Waals surface area contributed by atoms with Crippen LogP contribution in [0.1, 0.15) is 32.1 Å². The van der Waals surface area contributed by atoms with Gasteiger partial charge in [0, 0.05) is 24.2 Å². The summed E-state index contributed by atoms with van der Waals surface area (Å²) in [5.41, 5.74) is 0.801.